The molecule has 7 heteroatoms. The molecule has 0 bridgehead atoms. The average molecular weight is 502 g/mol. The first kappa shape index (κ1) is 23.9. The molecule has 0 aliphatic rings. The molecule has 0 amide bonds. The molecule has 0 unspecified atom stereocenters. The van der Waals surface area contributed by atoms with Crippen LogP contribution in [0.25, 0.3) is 22.0 Å². The van der Waals surface area contributed by atoms with E-state index in [2.05, 4.69) is 20.9 Å². The number of nitrogens with zero attached hydrogens (tertiary/aromatic N) is 1. The fourth-order valence-electron chi connectivity index (χ4n) is 3.72. The van der Waals surface area contributed by atoms with Gasteiger partial charge in [-0.25, -0.2) is 0 Å². The number of hydrogen-bond donors (Lipinski definition) is 0. The first-order valence-corrected chi connectivity index (χ1v) is 11.6. The third-order valence-electron chi connectivity index (χ3n) is 5.38. The highest BCUT2D eigenvalue weighted by Crippen LogP contribution is 2.40. The second kappa shape index (κ2) is 11.2. The van der Waals surface area contributed by atoms with E-state index >= 15 is 0 Å². The molecular formula is C25H28BrNO5. The molecule has 0 saturated carbocycles. The molecule has 0 fully saturated rings. The summed E-state index contributed by atoms with van der Waals surface area (Å²) in [6, 6.07) is 9.34. The number of hydrogen-bond acceptors (Lipinski definition) is 6. The van der Waals surface area contributed by atoms with E-state index in [-0.39, 0.29) is 5.78 Å². The molecule has 0 saturated heterocycles. The quantitative estimate of drug-likeness (QED) is 0.180. The van der Waals surface area contributed by atoms with Gasteiger partial charge in [0, 0.05) is 40.5 Å². The summed E-state index contributed by atoms with van der Waals surface area (Å²) in [6.07, 6.45) is 5.00. The molecule has 0 aliphatic heterocycles. The van der Waals surface area contributed by atoms with E-state index in [1.54, 1.807) is 34.6 Å². The summed E-state index contributed by atoms with van der Waals surface area (Å²) in [6.45, 7) is 0. The number of benzene rings is 2. The number of ether oxygens (including phenoxy) is 4. The molecule has 0 radical (unpaired) electrons. The minimum absolute atomic E-state index is 0.0635. The van der Waals surface area contributed by atoms with Gasteiger partial charge in [0.05, 0.1) is 34.0 Å². The van der Waals surface area contributed by atoms with Crippen LogP contribution in [0.2, 0.25) is 0 Å². The SMILES string of the molecule is COc1ccc(-c2c(C(=O)CCCCCBr)cnc3cc(OC)c(OC)cc23)cc1OC. The van der Waals surface area contributed by atoms with Crippen molar-refractivity contribution in [2.75, 3.05) is 33.8 Å². The molecule has 170 valence electrons. The van der Waals surface area contributed by atoms with Crippen molar-refractivity contribution in [2.24, 2.45) is 0 Å². The number of pyridine rings is 1. The molecule has 6 nitrogen and oxygen atoms in total. The number of fused-ring (bicyclic) bond motifs is 1. The molecule has 2 aromatic carbocycles. The van der Waals surface area contributed by atoms with Gasteiger partial charge in [-0.3, -0.25) is 9.78 Å². The molecule has 1 aromatic heterocycles. The van der Waals surface area contributed by atoms with E-state index in [1.165, 1.54) is 0 Å². The van der Waals surface area contributed by atoms with Gasteiger partial charge in [-0.15, -0.1) is 0 Å². The van der Waals surface area contributed by atoms with Crippen LogP contribution in [0.5, 0.6) is 23.0 Å². The average Bonchev–Trinajstić information content (AvgIpc) is 2.84. The highest BCUT2D eigenvalue weighted by atomic mass is 79.9. The molecule has 1 heterocycles. The Balaban J connectivity index is 2.21. The lowest BCUT2D eigenvalue weighted by atomic mass is 9.92. The molecule has 3 rings (SSSR count). The minimum Gasteiger partial charge on any atom is -0.493 e. The standard InChI is InChI=1S/C25H28BrNO5/c1-29-21-10-9-16(12-22(21)30-2)25-17-13-23(31-3)24(32-4)14-19(17)27-15-18(25)20(28)8-6-5-7-11-26/h9-10,12-15H,5-8,11H2,1-4H3. The van der Waals surface area contributed by atoms with Crippen LogP contribution in [-0.4, -0.2) is 44.5 Å². The number of carbonyl (C=O) groups excluding carboxylic acids is 1. The largest absolute Gasteiger partial charge is 0.493 e. The Morgan fingerprint density at radius 2 is 1.50 bits per heavy atom. The van der Waals surface area contributed by atoms with Gasteiger partial charge in [-0.05, 0) is 36.6 Å². The minimum atomic E-state index is 0.0635. The summed E-state index contributed by atoms with van der Waals surface area (Å²) in [5.74, 6) is 2.43. The maximum absolute atomic E-state index is 13.2. The Kier molecular flexibility index (Phi) is 8.33. The van der Waals surface area contributed by atoms with Crippen LogP contribution < -0.4 is 18.9 Å². The number of carbonyl (C=O) groups is 1. The van der Waals surface area contributed by atoms with Gasteiger partial charge in [0.2, 0.25) is 0 Å². The fourth-order valence-corrected chi connectivity index (χ4v) is 4.12. The zero-order chi connectivity index (χ0) is 23.1. The number of aromatic nitrogens is 1. The monoisotopic (exact) mass is 501 g/mol. The van der Waals surface area contributed by atoms with Crippen LogP contribution >= 0.6 is 15.9 Å². The van der Waals surface area contributed by atoms with E-state index in [0.717, 1.165) is 41.1 Å². The first-order valence-electron chi connectivity index (χ1n) is 10.4. The summed E-state index contributed by atoms with van der Waals surface area (Å²) >= 11 is 3.44. The van der Waals surface area contributed by atoms with Crippen LogP contribution in [0.4, 0.5) is 0 Å². The van der Waals surface area contributed by atoms with E-state index in [9.17, 15) is 4.79 Å². The second-order valence-electron chi connectivity index (χ2n) is 7.26. The normalized spacial score (nSPS) is 10.8. The van der Waals surface area contributed by atoms with Gasteiger partial charge in [-0.2, -0.15) is 0 Å². The summed E-state index contributed by atoms with van der Waals surface area (Å²) in [4.78, 5) is 17.8. The lowest BCUT2D eigenvalue weighted by Crippen LogP contribution is -2.04. The van der Waals surface area contributed by atoms with Crippen molar-refractivity contribution in [3.8, 4) is 34.1 Å². The number of Topliss-reactive ketones (excluding diaryl/α,β-unsaturated/α-hetero) is 1. The van der Waals surface area contributed by atoms with E-state index in [0.29, 0.717) is 40.5 Å². The predicted molar refractivity (Wildman–Crippen MR) is 130 cm³/mol. The van der Waals surface area contributed by atoms with Gasteiger partial charge >= 0.3 is 0 Å². The van der Waals surface area contributed by atoms with Gasteiger partial charge in [0.15, 0.2) is 28.8 Å². The summed E-state index contributed by atoms with van der Waals surface area (Å²) in [5, 5.41) is 1.75. The molecular weight excluding hydrogens is 474 g/mol. The molecule has 3 aromatic rings. The Bertz CT molecular complexity index is 1100. The van der Waals surface area contributed by atoms with Crippen molar-refractivity contribution < 1.29 is 23.7 Å². The maximum atomic E-state index is 13.2. The van der Waals surface area contributed by atoms with E-state index < -0.39 is 0 Å². The lowest BCUT2D eigenvalue weighted by Gasteiger charge is -2.16. The highest BCUT2D eigenvalue weighted by Gasteiger charge is 2.20. The van der Waals surface area contributed by atoms with Gasteiger partial charge in [0.25, 0.3) is 0 Å². The van der Waals surface area contributed by atoms with Crippen LogP contribution in [0.15, 0.2) is 36.5 Å². The molecule has 0 spiro atoms. The summed E-state index contributed by atoms with van der Waals surface area (Å²) in [7, 11) is 6.37. The highest BCUT2D eigenvalue weighted by molar-refractivity contribution is 9.09. The van der Waals surface area contributed by atoms with Crippen LogP contribution in [0.1, 0.15) is 36.0 Å². The van der Waals surface area contributed by atoms with Crippen molar-refractivity contribution >= 4 is 32.6 Å². The second-order valence-corrected chi connectivity index (χ2v) is 8.06. The van der Waals surface area contributed by atoms with Gasteiger partial charge < -0.3 is 18.9 Å². The Labute approximate surface area is 197 Å². The number of ketones is 1. The van der Waals surface area contributed by atoms with Gasteiger partial charge in [0.1, 0.15) is 0 Å². The van der Waals surface area contributed by atoms with Crippen molar-refractivity contribution in [1.29, 1.82) is 0 Å². The van der Waals surface area contributed by atoms with Crippen molar-refractivity contribution in [2.45, 2.75) is 25.7 Å². The molecule has 0 N–H and O–H groups in total. The zero-order valence-corrected chi connectivity index (χ0v) is 20.5. The number of rotatable bonds is 11. The number of alkyl halides is 1. The zero-order valence-electron chi connectivity index (χ0n) is 18.9. The Morgan fingerprint density at radius 1 is 0.844 bits per heavy atom. The van der Waals surface area contributed by atoms with E-state index in [1.807, 2.05) is 30.3 Å². The van der Waals surface area contributed by atoms with Crippen molar-refractivity contribution in [1.82, 2.24) is 4.98 Å². The number of unbranched alkanes of at least 4 members (excludes halogenated alkanes) is 2. The smallest absolute Gasteiger partial charge is 0.165 e. The first-order chi connectivity index (χ1) is 15.6. The molecule has 0 aliphatic carbocycles. The van der Waals surface area contributed by atoms with Gasteiger partial charge in [-0.1, -0.05) is 28.4 Å². The third kappa shape index (κ3) is 4.99. The third-order valence-corrected chi connectivity index (χ3v) is 5.94. The van der Waals surface area contributed by atoms with Crippen molar-refractivity contribution in [3.63, 3.8) is 0 Å². The maximum Gasteiger partial charge on any atom is 0.165 e. The van der Waals surface area contributed by atoms with Crippen molar-refractivity contribution in [3.05, 3.63) is 42.1 Å². The molecule has 0 atom stereocenters. The Hall–Kier alpha value is -2.80. The Morgan fingerprint density at radius 3 is 2.16 bits per heavy atom. The topological polar surface area (TPSA) is 66.9 Å². The molecule has 32 heavy (non-hydrogen) atoms. The predicted octanol–water partition coefficient (Wildman–Crippen LogP) is 6.07. The number of methoxy groups -OCH3 is 4. The lowest BCUT2D eigenvalue weighted by molar-refractivity contribution is 0.0979. The summed E-state index contributed by atoms with van der Waals surface area (Å²) < 4.78 is 21.9. The number of halogens is 1. The fraction of sp³-hybridized carbons (Fsp3) is 0.360. The van der Waals surface area contributed by atoms with Crippen LogP contribution in [0.3, 0.4) is 0 Å². The van der Waals surface area contributed by atoms with Crippen LogP contribution in [0, 0.1) is 0 Å². The van der Waals surface area contributed by atoms with Crippen LogP contribution in [-0.2, 0) is 0 Å². The summed E-state index contributed by atoms with van der Waals surface area (Å²) in [5.41, 5.74) is 2.92. The van der Waals surface area contributed by atoms with E-state index in [4.69, 9.17) is 18.9 Å².